The second kappa shape index (κ2) is 3.78. The Kier molecular flexibility index (Phi) is 2.43. The molecule has 1 aromatic heterocycles. The van der Waals surface area contributed by atoms with E-state index in [1.807, 2.05) is 0 Å². The number of amides is 1. The van der Waals surface area contributed by atoms with E-state index in [1.165, 1.54) is 12.1 Å². The van der Waals surface area contributed by atoms with Gasteiger partial charge >= 0.3 is 17.5 Å². The van der Waals surface area contributed by atoms with Crippen LogP contribution < -0.4 is 16.7 Å². The van der Waals surface area contributed by atoms with Crippen molar-refractivity contribution in [3.63, 3.8) is 0 Å². The van der Waals surface area contributed by atoms with E-state index in [1.54, 1.807) is 6.92 Å². The highest BCUT2D eigenvalue weighted by Crippen LogP contribution is 2.20. The summed E-state index contributed by atoms with van der Waals surface area (Å²) in [5.74, 6) is -0.846. The van der Waals surface area contributed by atoms with Crippen LogP contribution in [0.1, 0.15) is 5.56 Å². The van der Waals surface area contributed by atoms with Gasteiger partial charge in [0.05, 0.1) is 10.9 Å². The predicted molar refractivity (Wildman–Crippen MR) is 59.5 cm³/mol. The molecule has 17 heavy (non-hydrogen) atoms. The first-order valence-electron chi connectivity index (χ1n) is 4.65. The number of fused-ring (bicyclic) bond motifs is 1. The van der Waals surface area contributed by atoms with Crippen molar-refractivity contribution in [2.45, 2.75) is 6.92 Å². The summed E-state index contributed by atoms with van der Waals surface area (Å²) in [6.07, 6.45) is -1.23. The van der Waals surface area contributed by atoms with Gasteiger partial charge in [0.15, 0.2) is 0 Å². The maximum Gasteiger partial charge on any atom is 0.419 e. The molecule has 0 aliphatic heterocycles. The van der Waals surface area contributed by atoms with Gasteiger partial charge in [0.1, 0.15) is 0 Å². The lowest BCUT2D eigenvalue weighted by Crippen LogP contribution is -2.16. The van der Waals surface area contributed by atoms with Gasteiger partial charge in [0.2, 0.25) is 0 Å². The van der Waals surface area contributed by atoms with Gasteiger partial charge in [-0.3, -0.25) is 10.3 Å². The molecule has 0 aliphatic rings. The van der Waals surface area contributed by atoms with Crippen LogP contribution in [0.2, 0.25) is 0 Å². The van der Waals surface area contributed by atoms with Crippen LogP contribution in [0.25, 0.3) is 10.9 Å². The van der Waals surface area contributed by atoms with Crippen LogP contribution in [0.3, 0.4) is 0 Å². The Hall–Kier alpha value is -2.57. The molecule has 0 spiro atoms. The van der Waals surface area contributed by atoms with Gasteiger partial charge in [-0.15, -0.1) is 0 Å². The number of aromatic amines is 1. The van der Waals surface area contributed by atoms with Crippen molar-refractivity contribution in [3.05, 3.63) is 38.7 Å². The number of H-pyrrole nitrogens is 1. The molecule has 0 saturated heterocycles. The van der Waals surface area contributed by atoms with E-state index in [-0.39, 0.29) is 11.1 Å². The summed E-state index contributed by atoms with van der Waals surface area (Å²) in [5, 5.41) is 10.9. The lowest BCUT2D eigenvalue weighted by Gasteiger charge is -2.06. The van der Waals surface area contributed by atoms with Gasteiger partial charge in [-0.25, -0.2) is 14.4 Å². The van der Waals surface area contributed by atoms with E-state index in [9.17, 15) is 14.4 Å². The molecular formula is C10H8N2O5. The summed E-state index contributed by atoms with van der Waals surface area (Å²) in [4.78, 5) is 35.3. The lowest BCUT2D eigenvalue weighted by atomic mass is 10.1. The SMILES string of the molecule is Cc1c(NC(=O)O)ccc2[nH]c(=O)oc(=O)c12. The lowest BCUT2D eigenvalue weighted by molar-refractivity contribution is 0.209. The second-order valence-corrected chi connectivity index (χ2v) is 3.39. The highest BCUT2D eigenvalue weighted by molar-refractivity contribution is 5.91. The molecule has 3 N–H and O–H groups in total. The fourth-order valence-corrected chi connectivity index (χ4v) is 1.60. The first-order chi connectivity index (χ1) is 7.99. The van der Waals surface area contributed by atoms with Gasteiger partial charge in [0, 0.05) is 5.69 Å². The molecule has 0 fully saturated rings. The third kappa shape index (κ3) is 1.89. The Balaban J connectivity index is 2.80. The number of aryl methyl sites for hydroxylation is 1. The molecular weight excluding hydrogens is 228 g/mol. The highest BCUT2D eigenvalue weighted by Gasteiger charge is 2.10. The van der Waals surface area contributed by atoms with Crippen LogP contribution in [0.5, 0.6) is 0 Å². The van der Waals surface area contributed by atoms with Crippen LogP contribution >= 0.6 is 0 Å². The molecule has 0 saturated carbocycles. The molecule has 0 aliphatic carbocycles. The number of hydrogen-bond acceptors (Lipinski definition) is 4. The molecule has 0 radical (unpaired) electrons. The number of carbonyl (C=O) groups is 1. The summed E-state index contributed by atoms with van der Waals surface area (Å²) >= 11 is 0. The van der Waals surface area contributed by atoms with Crippen molar-refractivity contribution in [3.8, 4) is 0 Å². The van der Waals surface area contributed by atoms with Crippen LogP contribution in [0.15, 0.2) is 26.1 Å². The van der Waals surface area contributed by atoms with Crippen molar-refractivity contribution in [1.29, 1.82) is 0 Å². The topological polar surface area (TPSA) is 112 Å². The summed E-state index contributed by atoms with van der Waals surface area (Å²) < 4.78 is 4.39. The van der Waals surface area contributed by atoms with E-state index in [0.717, 1.165) is 0 Å². The average Bonchev–Trinajstić information content (AvgIpc) is 2.20. The minimum atomic E-state index is -1.23. The fraction of sp³-hybridized carbons (Fsp3) is 0.100. The Labute approximate surface area is 93.7 Å². The zero-order valence-corrected chi connectivity index (χ0v) is 8.73. The Morgan fingerprint density at radius 2 is 2.12 bits per heavy atom. The third-order valence-electron chi connectivity index (χ3n) is 2.33. The quantitative estimate of drug-likeness (QED) is 0.680. The average molecular weight is 236 g/mol. The number of aromatic nitrogens is 1. The normalized spacial score (nSPS) is 10.4. The fourth-order valence-electron chi connectivity index (χ4n) is 1.60. The summed E-state index contributed by atoms with van der Waals surface area (Å²) in [6.45, 7) is 1.56. The first kappa shape index (κ1) is 10.9. The van der Waals surface area contributed by atoms with Crippen LogP contribution in [-0.4, -0.2) is 16.2 Å². The van der Waals surface area contributed by atoms with Crippen molar-refractivity contribution >= 4 is 22.7 Å². The molecule has 88 valence electrons. The Morgan fingerprint density at radius 3 is 2.76 bits per heavy atom. The van der Waals surface area contributed by atoms with E-state index in [4.69, 9.17) is 5.11 Å². The number of benzene rings is 1. The van der Waals surface area contributed by atoms with Gasteiger partial charge in [-0.1, -0.05) is 0 Å². The van der Waals surface area contributed by atoms with E-state index in [0.29, 0.717) is 11.1 Å². The van der Waals surface area contributed by atoms with Crippen molar-refractivity contribution in [1.82, 2.24) is 4.98 Å². The number of hydrogen-bond donors (Lipinski definition) is 3. The largest absolute Gasteiger partial charge is 0.465 e. The molecule has 0 atom stereocenters. The standard InChI is InChI=1S/C10H8N2O5/c1-4-5(11-9(14)15)2-3-6-7(4)8(13)17-10(16)12-6/h2-3,11H,1H3,(H,12,16)(H,14,15). The second-order valence-electron chi connectivity index (χ2n) is 3.39. The number of carboxylic acid groups (broad SMARTS) is 1. The van der Waals surface area contributed by atoms with E-state index < -0.39 is 17.5 Å². The summed E-state index contributed by atoms with van der Waals surface area (Å²) in [7, 11) is 0. The maximum atomic E-state index is 11.5. The van der Waals surface area contributed by atoms with Crippen LogP contribution in [0, 0.1) is 6.92 Å². The van der Waals surface area contributed by atoms with E-state index >= 15 is 0 Å². The highest BCUT2D eigenvalue weighted by atomic mass is 16.4. The third-order valence-corrected chi connectivity index (χ3v) is 2.33. The van der Waals surface area contributed by atoms with E-state index in [2.05, 4.69) is 14.7 Å². The minimum Gasteiger partial charge on any atom is -0.465 e. The van der Waals surface area contributed by atoms with Crippen molar-refractivity contribution < 1.29 is 14.3 Å². The Bertz CT molecular complexity index is 713. The molecule has 7 heteroatoms. The van der Waals surface area contributed by atoms with Crippen LogP contribution in [-0.2, 0) is 0 Å². The number of rotatable bonds is 1. The minimum absolute atomic E-state index is 0.149. The molecule has 1 amide bonds. The van der Waals surface area contributed by atoms with Crippen LogP contribution in [0.4, 0.5) is 10.5 Å². The van der Waals surface area contributed by atoms with Crippen molar-refractivity contribution in [2.75, 3.05) is 5.32 Å². The smallest absolute Gasteiger partial charge is 0.419 e. The first-order valence-corrected chi connectivity index (χ1v) is 4.65. The molecule has 0 unspecified atom stereocenters. The Morgan fingerprint density at radius 1 is 1.41 bits per heavy atom. The predicted octanol–water partition coefficient (Wildman–Crippen LogP) is 0.880. The summed E-state index contributed by atoms with van der Waals surface area (Å²) in [5.41, 5.74) is 0.175. The molecule has 7 nitrogen and oxygen atoms in total. The monoisotopic (exact) mass is 236 g/mol. The zero-order valence-electron chi connectivity index (χ0n) is 8.73. The van der Waals surface area contributed by atoms with Gasteiger partial charge in [-0.05, 0) is 24.6 Å². The molecule has 0 bridgehead atoms. The molecule has 1 heterocycles. The van der Waals surface area contributed by atoms with Gasteiger partial charge in [-0.2, -0.15) is 0 Å². The number of anilines is 1. The number of nitrogens with one attached hydrogen (secondary N) is 2. The molecule has 2 aromatic rings. The summed E-state index contributed by atoms with van der Waals surface area (Å²) in [6, 6.07) is 2.90. The maximum absolute atomic E-state index is 11.5. The zero-order chi connectivity index (χ0) is 12.6. The van der Waals surface area contributed by atoms with Gasteiger partial charge in [0.25, 0.3) is 0 Å². The molecule has 2 rings (SSSR count). The van der Waals surface area contributed by atoms with Crippen molar-refractivity contribution in [2.24, 2.45) is 0 Å². The van der Waals surface area contributed by atoms with Gasteiger partial charge < -0.3 is 9.52 Å². The molecule has 1 aromatic carbocycles.